The fraction of sp³-hybridized carbons (Fsp3) is 0.483. The monoisotopic (exact) mass is 565 g/mol. The molecule has 0 bridgehead atoms. The maximum atomic E-state index is 13.3. The summed E-state index contributed by atoms with van der Waals surface area (Å²) in [5.41, 5.74) is 1.04. The first-order valence-corrected chi connectivity index (χ1v) is 14.2. The highest BCUT2D eigenvalue weighted by molar-refractivity contribution is 5.97. The van der Waals surface area contributed by atoms with Crippen molar-refractivity contribution in [2.45, 2.75) is 52.0 Å². The predicted octanol–water partition coefficient (Wildman–Crippen LogP) is 4.19. The molecule has 2 aliphatic rings. The van der Waals surface area contributed by atoms with E-state index < -0.39 is 12.0 Å². The van der Waals surface area contributed by atoms with Crippen molar-refractivity contribution < 1.29 is 24.2 Å². The minimum absolute atomic E-state index is 0.119. The SMILES string of the molecule is C=CN(C(=O)N1CCCC1)c1cnc(N(CC)CC)nc1N[C@@H](Cc1ccc(OC(=O)N2CCCC2)cc1)C(=O)O. The van der Waals surface area contributed by atoms with Crippen molar-refractivity contribution in [3.63, 3.8) is 0 Å². The summed E-state index contributed by atoms with van der Waals surface area (Å²) in [7, 11) is 0. The molecular weight excluding hydrogens is 526 g/mol. The van der Waals surface area contributed by atoms with Crippen molar-refractivity contribution in [1.82, 2.24) is 19.8 Å². The van der Waals surface area contributed by atoms with Crippen molar-refractivity contribution in [3.8, 4) is 5.75 Å². The summed E-state index contributed by atoms with van der Waals surface area (Å²) in [6.07, 6.45) is 6.47. The van der Waals surface area contributed by atoms with Crippen LogP contribution >= 0.6 is 0 Å². The summed E-state index contributed by atoms with van der Waals surface area (Å²) in [5, 5.41) is 13.2. The van der Waals surface area contributed by atoms with E-state index >= 15 is 0 Å². The number of carbonyl (C=O) groups is 3. The second-order valence-electron chi connectivity index (χ2n) is 10.1. The average Bonchev–Trinajstić information content (AvgIpc) is 3.71. The standard InChI is InChI=1S/C29H39N7O5/c1-4-33(5-2)27-30-20-24(36(6-3)28(39)34-15-7-8-16-34)25(32-27)31-23(26(37)38)19-21-11-13-22(14-12-21)41-29(40)35-17-9-10-18-35/h6,11-14,20,23H,3-5,7-10,15-19H2,1-2H3,(H,37,38)(H,30,31,32)/t23-/m0/s1. The van der Waals surface area contributed by atoms with Gasteiger partial charge in [-0.15, -0.1) is 0 Å². The second kappa shape index (κ2) is 13.8. The number of anilines is 3. The Bertz CT molecular complexity index is 1220. The summed E-state index contributed by atoms with van der Waals surface area (Å²) in [6.45, 7) is 11.8. The number of likely N-dealkylation sites (tertiary alicyclic amines) is 2. The summed E-state index contributed by atoms with van der Waals surface area (Å²) in [5.74, 6) is -0.0425. The number of benzene rings is 1. The molecule has 0 unspecified atom stereocenters. The van der Waals surface area contributed by atoms with Crippen LogP contribution in [0.4, 0.5) is 27.0 Å². The molecule has 1 atom stereocenters. The van der Waals surface area contributed by atoms with Gasteiger partial charge in [-0.3, -0.25) is 4.90 Å². The third-order valence-corrected chi connectivity index (χ3v) is 7.37. The summed E-state index contributed by atoms with van der Waals surface area (Å²) >= 11 is 0. The van der Waals surface area contributed by atoms with Crippen molar-refractivity contribution in [2.75, 3.05) is 54.4 Å². The molecule has 1 aromatic carbocycles. The first-order chi connectivity index (χ1) is 19.8. The lowest BCUT2D eigenvalue weighted by atomic mass is 10.1. The third kappa shape index (κ3) is 7.24. The number of carbonyl (C=O) groups excluding carboxylic acids is 2. The zero-order chi connectivity index (χ0) is 29.4. The Morgan fingerprint density at radius 3 is 2.22 bits per heavy atom. The highest BCUT2D eigenvalue weighted by Gasteiger charge is 2.28. The number of urea groups is 1. The molecule has 12 nitrogen and oxygen atoms in total. The number of ether oxygens (including phenoxy) is 1. The van der Waals surface area contributed by atoms with E-state index in [4.69, 9.17) is 4.74 Å². The molecule has 2 aliphatic heterocycles. The van der Waals surface area contributed by atoms with E-state index in [0.29, 0.717) is 56.7 Å². The number of carboxylic acid groups (broad SMARTS) is 1. The van der Waals surface area contributed by atoms with Crippen molar-refractivity contribution in [3.05, 3.63) is 48.8 Å². The molecule has 0 spiro atoms. The number of rotatable bonds is 11. The zero-order valence-corrected chi connectivity index (χ0v) is 23.8. The van der Waals surface area contributed by atoms with Gasteiger partial charge < -0.3 is 29.9 Å². The lowest BCUT2D eigenvalue weighted by Gasteiger charge is -2.28. The molecule has 2 aromatic rings. The number of carboxylic acids is 1. The van der Waals surface area contributed by atoms with Gasteiger partial charge in [0.15, 0.2) is 5.82 Å². The Morgan fingerprint density at radius 2 is 1.66 bits per heavy atom. The first kappa shape index (κ1) is 29.6. The van der Waals surface area contributed by atoms with Gasteiger partial charge in [-0.1, -0.05) is 18.7 Å². The fourth-order valence-corrected chi connectivity index (χ4v) is 5.01. The minimum atomic E-state index is -1.08. The first-order valence-electron chi connectivity index (χ1n) is 14.2. The lowest BCUT2D eigenvalue weighted by molar-refractivity contribution is -0.137. The molecule has 41 heavy (non-hydrogen) atoms. The highest BCUT2D eigenvalue weighted by atomic mass is 16.6. The van der Waals surface area contributed by atoms with Crippen LogP contribution in [-0.2, 0) is 11.2 Å². The Morgan fingerprint density at radius 1 is 1.05 bits per heavy atom. The van der Waals surface area contributed by atoms with Crippen LogP contribution in [-0.4, -0.2) is 88.3 Å². The number of aliphatic carboxylic acids is 1. The Hall–Kier alpha value is -4.35. The molecule has 0 saturated carbocycles. The molecule has 0 radical (unpaired) electrons. The van der Waals surface area contributed by atoms with E-state index in [2.05, 4.69) is 21.9 Å². The van der Waals surface area contributed by atoms with Crippen LogP contribution in [0.2, 0.25) is 0 Å². The number of nitrogens with one attached hydrogen (secondary N) is 1. The molecule has 4 rings (SSSR count). The highest BCUT2D eigenvalue weighted by Crippen LogP contribution is 2.29. The van der Waals surface area contributed by atoms with Crippen LogP contribution in [0.15, 0.2) is 43.2 Å². The van der Waals surface area contributed by atoms with Gasteiger partial charge >= 0.3 is 18.1 Å². The third-order valence-electron chi connectivity index (χ3n) is 7.37. The van der Waals surface area contributed by atoms with Crippen LogP contribution in [0.25, 0.3) is 0 Å². The predicted molar refractivity (Wildman–Crippen MR) is 156 cm³/mol. The molecular formula is C29H39N7O5. The summed E-state index contributed by atoms with van der Waals surface area (Å²) in [6, 6.07) is 5.46. The molecule has 220 valence electrons. The fourth-order valence-electron chi connectivity index (χ4n) is 5.01. The molecule has 1 aromatic heterocycles. The van der Waals surface area contributed by atoms with Crippen molar-refractivity contribution in [1.29, 1.82) is 0 Å². The Labute approximate surface area is 240 Å². The van der Waals surface area contributed by atoms with Crippen LogP contribution in [0.5, 0.6) is 5.75 Å². The number of aromatic nitrogens is 2. The van der Waals surface area contributed by atoms with E-state index in [1.807, 2.05) is 18.7 Å². The van der Waals surface area contributed by atoms with Crippen LogP contribution < -0.4 is 19.9 Å². The number of amides is 3. The van der Waals surface area contributed by atoms with Crippen molar-refractivity contribution in [2.24, 2.45) is 0 Å². The van der Waals surface area contributed by atoms with Gasteiger partial charge in [0.1, 0.15) is 17.5 Å². The number of nitrogens with zero attached hydrogens (tertiary/aromatic N) is 6. The smallest absolute Gasteiger partial charge is 0.415 e. The quantitative estimate of drug-likeness (QED) is 0.412. The molecule has 3 amide bonds. The van der Waals surface area contributed by atoms with Gasteiger partial charge in [0.25, 0.3) is 0 Å². The van der Waals surface area contributed by atoms with E-state index in [1.165, 1.54) is 17.3 Å². The summed E-state index contributed by atoms with van der Waals surface area (Å²) in [4.78, 5) is 53.8. The van der Waals surface area contributed by atoms with Gasteiger partial charge in [0, 0.05) is 51.9 Å². The van der Waals surface area contributed by atoms with Crippen LogP contribution in [0.1, 0.15) is 45.1 Å². The lowest BCUT2D eigenvalue weighted by Crippen LogP contribution is -2.40. The Balaban J connectivity index is 1.56. The van der Waals surface area contributed by atoms with Gasteiger partial charge in [-0.05, 0) is 57.2 Å². The molecule has 12 heteroatoms. The maximum absolute atomic E-state index is 13.3. The molecule has 2 N–H and O–H groups in total. The van der Waals surface area contributed by atoms with Gasteiger partial charge in [0.05, 0.1) is 6.20 Å². The molecule has 3 heterocycles. The maximum Gasteiger partial charge on any atom is 0.415 e. The average molecular weight is 566 g/mol. The van der Waals surface area contributed by atoms with Gasteiger partial charge in [-0.25, -0.2) is 19.4 Å². The molecule has 2 fully saturated rings. The van der Waals surface area contributed by atoms with Crippen LogP contribution in [0.3, 0.4) is 0 Å². The van der Waals surface area contributed by atoms with Gasteiger partial charge in [0.2, 0.25) is 5.95 Å². The number of hydrogen-bond donors (Lipinski definition) is 2. The second-order valence-corrected chi connectivity index (χ2v) is 10.1. The van der Waals surface area contributed by atoms with E-state index in [0.717, 1.165) is 31.2 Å². The van der Waals surface area contributed by atoms with E-state index in [1.54, 1.807) is 34.1 Å². The molecule has 0 aliphatic carbocycles. The van der Waals surface area contributed by atoms with Gasteiger partial charge in [-0.2, -0.15) is 4.98 Å². The van der Waals surface area contributed by atoms with E-state index in [-0.39, 0.29) is 24.4 Å². The minimum Gasteiger partial charge on any atom is -0.480 e. The number of hydrogen-bond acceptors (Lipinski definition) is 8. The zero-order valence-electron chi connectivity index (χ0n) is 23.8. The Kier molecular flexibility index (Phi) is 9.99. The molecule has 2 saturated heterocycles. The largest absolute Gasteiger partial charge is 0.480 e. The van der Waals surface area contributed by atoms with E-state index in [9.17, 15) is 19.5 Å². The van der Waals surface area contributed by atoms with Crippen LogP contribution in [0, 0.1) is 0 Å². The topological polar surface area (TPSA) is 131 Å². The normalized spacial score (nSPS) is 15.4. The summed E-state index contributed by atoms with van der Waals surface area (Å²) < 4.78 is 5.46. The van der Waals surface area contributed by atoms with Crippen molar-refractivity contribution >= 4 is 35.5 Å².